The van der Waals surface area contributed by atoms with Gasteiger partial charge in [-0.15, -0.1) is 0 Å². The van der Waals surface area contributed by atoms with Gasteiger partial charge in [-0.1, -0.05) is 17.7 Å². The van der Waals surface area contributed by atoms with E-state index < -0.39 is 11.9 Å². The summed E-state index contributed by atoms with van der Waals surface area (Å²) in [7, 11) is 4.54. The molecule has 0 fully saturated rings. The summed E-state index contributed by atoms with van der Waals surface area (Å²) in [6, 6.07) is 16.3. The summed E-state index contributed by atoms with van der Waals surface area (Å²) in [5.74, 6) is 0.670. The molecule has 0 saturated heterocycles. The van der Waals surface area contributed by atoms with Crippen molar-refractivity contribution in [3.63, 3.8) is 0 Å². The van der Waals surface area contributed by atoms with E-state index in [1.807, 2.05) is 32.0 Å². The number of furan rings is 1. The van der Waals surface area contributed by atoms with Crippen LogP contribution in [0.15, 0.2) is 64.4 Å². The van der Waals surface area contributed by atoms with Crippen molar-refractivity contribution in [3.05, 3.63) is 88.0 Å². The van der Waals surface area contributed by atoms with Gasteiger partial charge in [0.2, 0.25) is 17.4 Å². The minimum Gasteiger partial charge on any atom is -0.493 e. The van der Waals surface area contributed by atoms with Crippen molar-refractivity contribution >= 4 is 16.9 Å². The van der Waals surface area contributed by atoms with Gasteiger partial charge in [-0.05, 0) is 49.7 Å². The molecule has 0 aliphatic carbocycles. The number of fused-ring (bicyclic) bond motifs is 2. The summed E-state index contributed by atoms with van der Waals surface area (Å²) in [5.41, 5.74) is 10.1. The van der Waals surface area contributed by atoms with Gasteiger partial charge < -0.3 is 33.8 Å². The summed E-state index contributed by atoms with van der Waals surface area (Å²) in [6.45, 7) is 3.79. The highest BCUT2D eigenvalue weighted by Crippen LogP contribution is 2.47. The number of carbonyl (C=O) groups excluding carboxylic acids is 1. The lowest BCUT2D eigenvalue weighted by molar-refractivity contribution is 0.0702. The average Bonchev–Trinajstić information content (AvgIpc) is 3.26. The van der Waals surface area contributed by atoms with Crippen molar-refractivity contribution in [1.82, 2.24) is 0 Å². The van der Waals surface area contributed by atoms with Crippen molar-refractivity contribution in [2.45, 2.75) is 19.8 Å². The van der Waals surface area contributed by atoms with Crippen molar-refractivity contribution in [3.8, 4) is 34.8 Å². The number of nitriles is 1. The largest absolute Gasteiger partial charge is 0.493 e. The van der Waals surface area contributed by atoms with Gasteiger partial charge in [0, 0.05) is 22.6 Å². The first-order valence-electron chi connectivity index (χ1n) is 12.0. The van der Waals surface area contributed by atoms with Crippen LogP contribution < -0.4 is 29.4 Å². The number of carbonyl (C=O) groups is 1. The molecule has 0 amide bonds. The van der Waals surface area contributed by atoms with Gasteiger partial charge in [-0.3, -0.25) is 0 Å². The van der Waals surface area contributed by atoms with Crippen LogP contribution in [0.1, 0.15) is 38.7 Å². The Morgan fingerprint density at radius 1 is 0.974 bits per heavy atom. The highest BCUT2D eigenvalue weighted by Gasteiger charge is 2.33. The maximum absolute atomic E-state index is 13.0. The molecule has 9 heteroatoms. The van der Waals surface area contributed by atoms with Crippen LogP contribution >= 0.6 is 0 Å². The molecule has 39 heavy (non-hydrogen) atoms. The molecule has 0 bridgehead atoms. The molecule has 0 saturated carbocycles. The number of hydrogen-bond donors (Lipinski definition) is 1. The number of benzene rings is 3. The summed E-state index contributed by atoms with van der Waals surface area (Å²) in [4.78, 5) is 13.0. The zero-order chi connectivity index (χ0) is 27.8. The molecule has 1 unspecified atom stereocenters. The van der Waals surface area contributed by atoms with Gasteiger partial charge in [0.25, 0.3) is 0 Å². The van der Waals surface area contributed by atoms with Gasteiger partial charge in [0.05, 0.1) is 27.2 Å². The minimum absolute atomic E-state index is 0.0595. The molecule has 1 aliphatic rings. The number of hydrogen-bond acceptors (Lipinski definition) is 9. The maximum atomic E-state index is 13.0. The van der Waals surface area contributed by atoms with Gasteiger partial charge in [-0.2, -0.15) is 5.26 Å². The summed E-state index contributed by atoms with van der Waals surface area (Å²) < 4.78 is 33.7. The number of nitrogens with zero attached hydrogens (tertiary/aromatic N) is 1. The van der Waals surface area contributed by atoms with Gasteiger partial charge in [0.15, 0.2) is 11.5 Å². The molecular weight excluding hydrogens is 500 g/mol. The van der Waals surface area contributed by atoms with E-state index in [0.717, 1.165) is 10.9 Å². The second kappa shape index (κ2) is 9.99. The minimum atomic E-state index is -0.639. The van der Waals surface area contributed by atoms with E-state index in [0.29, 0.717) is 45.3 Å². The van der Waals surface area contributed by atoms with Gasteiger partial charge >= 0.3 is 5.97 Å². The molecule has 2 N–H and O–H groups in total. The van der Waals surface area contributed by atoms with Crippen molar-refractivity contribution < 1.29 is 32.9 Å². The third kappa shape index (κ3) is 4.36. The second-order valence-corrected chi connectivity index (χ2v) is 9.03. The lowest BCUT2D eigenvalue weighted by atomic mass is 9.83. The Labute approximate surface area is 224 Å². The Balaban J connectivity index is 1.53. The molecule has 0 radical (unpaired) electrons. The topological polar surface area (TPSA) is 126 Å². The van der Waals surface area contributed by atoms with E-state index in [1.165, 1.54) is 21.3 Å². The monoisotopic (exact) mass is 526 g/mol. The Hall–Kier alpha value is -5.10. The van der Waals surface area contributed by atoms with Crippen LogP contribution in [-0.2, 0) is 0 Å². The maximum Gasteiger partial charge on any atom is 0.379 e. The number of ether oxygens (including phenoxy) is 5. The molecule has 4 aromatic rings. The SMILES string of the molecule is COc1cc(C2C(C#N)=C(N)Oc3cc(OC(=O)c4oc5ccc(C)cc5c4C)ccc32)cc(OC)c1OC. The van der Waals surface area contributed by atoms with Crippen LogP contribution in [0.4, 0.5) is 0 Å². The van der Waals surface area contributed by atoms with Crippen LogP contribution in [-0.4, -0.2) is 27.3 Å². The van der Waals surface area contributed by atoms with Crippen molar-refractivity contribution in [1.29, 1.82) is 5.26 Å². The highest BCUT2D eigenvalue weighted by atomic mass is 16.6. The third-order valence-corrected chi connectivity index (χ3v) is 6.70. The molecule has 1 atom stereocenters. The molecule has 3 aromatic carbocycles. The number of rotatable bonds is 6. The molecular formula is C30H26N2O7. The van der Waals surface area contributed by atoms with E-state index in [2.05, 4.69) is 6.07 Å². The molecule has 9 nitrogen and oxygen atoms in total. The average molecular weight is 527 g/mol. The van der Waals surface area contributed by atoms with Crippen LogP contribution in [0.25, 0.3) is 11.0 Å². The molecule has 0 spiro atoms. The Bertz CT molecular complexity index is 1670. The first-order chi connectivity index (χ1) is 18.8. The molecule has 1 aliphatic heterocycles. The number of allylic oxidation sites excluding steroid dienone is 1. The quantitative estimate of drug-likeness (QED) is 0.255. The van der Waals surface area contributed by atoms with E-state index in [1.54, 1.807) is 30.3 Å². The Morgan fingerprint density at radius 3 is 2.33 bits per heavy atom. The first-order valence-corrected chi connectivity index (χ1v) is 12.0. The Morgan fingerprint density at radius 2 is 1.69 bits per heavy atom. The normalized spacial score (nSPS) is 14.3. The van der Waals surface area contributed by atoms with Gasteiger partial charge in [0.1, 0.15) is 28.7 Å². The second-order valence-electron chi connectivity index (χ2n) is 9.03. The number of nitrogens with two attached hydrogens (primary N) is 1. The van der Waals surface area contributed by atoms with E-state index >= 15 is 0 Å². The fraction of sp³-hybridized carbons (Fsp3) is 0.200. The fourth-order valence-corrected chi connectivity index (χ4v) is 4.79. The predicted molar refractivity (Wildman–Crippen MR) is 142 cm³/mol. The third-order valence-electron chi connectivity index (χ3n) is 6.70. The molecule has 198 valence electrons. The van der Waals surface area contributed by atoms with Crippen molar-refractivity contribution in [2.24, 2.45) is 5.73 Å². The summed E-state index contributed by atoms with van der Waals surface area (Å²) in [5, 5.41) is 10.8. The smallest absolute Gasteiger partial charge is 0.379 e. The number of esters is 1. The first kappa shape index (κ1) is 25.5. The van der Waals surface area contributed by atoms with Crippen LogP contribution in [0.3, 0.4) is 0 Å². The van der Waals surface area contributed by atoms with Crippen LogP contribution in [0.2, 0.25) is 0 Å². The highest BCUT2D eigenvalue weighted by molar-refractivity contribution is 5.97. The van der Waals surface area contributed by atoms with Crippen LogP contribution in [0, 0.1) is 25.2 Å². The lowest BCUT2D eigenvalue weighted by Crippen LogP contribution is -2.21. The standard InChI is InChI=1S/C30H26N2O7/c1-15-6-9-22-20(10-15)16(2)27(38-22)30(33)37-18-7-8-19-23(13-18)39-29(32)21(14-31)26(19)17-11-24(34-3)28(36-5)25(12-17)35-4/h6-13,26H,32H2,1-5H3. The molecule has 1 aromatic heterocycles. The van der Waals surface area contributed by atoms with E-state index in [9.17, 15) is 10.1 Å². The zero-order valence-electron chi connectivity index (χ0n) is 22.1. The van der Waals surface area contributed by atoms with Crippen molar-refractivity contribution in [2.75, 3.05) is 21.3 Å². The Kier molecular flexibility index (Phi) is 6.54. The van der Waals surface area contributed by atoms with E-state index in [4.69, 9.17) is 33.8 Å². The van der Waals surface area contributed by atoms with Crippen LogP contribution in [0.5, 0.6) is 28.7 Å². The van der Waals surface area contributed by atoms with E-state index in [-0.39, 0.29) is 23.0 Å². The number of methoxy groups -OCH3 is 3. The predicted octanol–water partition coefficient (Wildman–Crippen LogP) is 5.51. The lowest BCUT2D eigenvalue weighted by Gasteiger charge is -2.27. The molecule has 5 rings (SSSR count). The fourth-order valence-electron chi connectivity index (χ4n) is 4.79. The van der Waals surface area contributed by atoms with Gasteiger partial charge in [-0.25, -0.2) is 4.79 Å². The summed E-state index contributed by atoms with van der Waals surface area (Å²) in [6.07, 6.45) is 0. The summed E-state index contributed by atoms with van der Waals surface area (Å²) >= 11 is 0. The molecule has 2 heterocycles. The zero-order valence-corrected chi connectivity index (χ0v) is 22.1. The number of aryl methyl sites for hydroxylation is 2.